The molecule has 11 nitrogen and oxygen atoms in total. The molecular formula is C30H26N2O9S. The van der Waals surface area contributed by atoms with E-state index in [1.165, 1.54) is 12.1 Å². The fourth-order valence-corrected chi connectivity index (χ4v) is 5.28. The highest BCUT2D eigenvalue weighted by molar-refractivity contribution is 7.86. The summed E-state index contributed by atoms with van der Waals surface area (Å²) >= 11 is 0. The Kier molecular flexibility index (Phi) is 8.00. The largest absolute Gasteiger partial charge is 0.490 e. The number of benzene rings is 4. The lowest BCUT2D eigenvalue weighted by atomic mass is 9.82. The lowest BCUT2D eigenvalue weighted by molar-refractivity contribution is 0.0977. The highest BCUT2D eigenvalue weighted by Gasteiger charge is 2.40. The third kappa shape index (κ3) is 5.57. The van der Waals surface area contributed by atoms with Gasteiger partial charge in [0, 0.05) is 5.56 Å². The summed E-state index contributed by atoms with van der Waals surface area (Å²) in [6, 6.07) is 21.5. The van der Waals surface area contributed by atoms with Gasteiger partial charge in [-0.3, -0.25) is 14.1 Å². The van der Waals surface area contributed by atoms with Crippen LogP contribution >= 0.6 is 0 Å². The molecule has 4 aromatic rings. The van der Waals surface area contributed by atoms with Crippen LogP contribution in [0.1, 0.15) is 31.8 Å². The fraction of sp³-hybridized carbons (Fsp3) is 0.133. The molecule has 0 saturated heterocycles. The van der Waals surface area contributed by atoms with Gasteiger partial charge in [0.05, 0.1) is 28.1 Å². The maximum absolute atomic E-state index is 13.7. The van der Waals surface area contributed by atoms with Gasteiger partial charge in [0.25, 0.3) is 10.1 Å². The number of carbonyl (C=O) groups is 2. The molecule has 5 N–H and O–H groups in total. The molecule has 1 aliphatic carbocycles. The molecule has 0 unspecified atom stereocenters. The van der Waals surface area contributed by atoms with Gasteiger partial charge in [0.1, 0.15) is 42.8 Å². The zero-order valence-electron chi connectivity index (χ0n) is 22.1. The molecule has 4 aromatic carbocycles. The minimum absolute atomic E-state index is 0.0280. The molecule has 0 atom stereocenters. The van der Waals surface area contributed by atoms with Gasteiger partial charge in [0.2, 0.25) is 0 Å². The van der Waals surface area contributed by atoms with E-state index in [1.807, 2.05) is 36.4 Å². The Labute approximate surface area is 241 Å². The summed E-state index contributed by atoms with van der Waals surface area (Å²) in [4.78, 5) is 26.6. The van der Waals surface area contributed by atoms with Gasteiger partial charge in [-0.2, -0.15) is 8.42 Å². The molecule has 0 radical (unpaired) electrons. The Bertz CT molecular complexity index is 1760. The van der Waals surface area contributed by atoms with Gasteiger partial charge < -0.3 is 30.4 Å². The highest BCUT2D eigenvalue weighted by Crippen LogP contribution is 2.48. The number of nitrogens with two attached hydrogens (primary N) is 2. The van der Waals surface area contributed by atoms with Crippen molar-refractivity contribution in [1.82, 2.24) is 0 Å². The van der Waals surface area contributed by atoms with E-state index in [4.69, 9.17) is 30.4 Å². The summed E-state index contributed by atoms with van der Waals surface area (Å²) < 4.78 is 57.0. The summed E-state index contributed by atoms with van der Waals surface area (Å²) in [6.07, 6.45) is 0. The number of fused-ring (bicyclic) bond motifs is 2. The summed E-state index contributed by atoms with van der Waals surface area (Å²) in [5.41, 5.74) is 11.0. The van der Waals surface area contributed by atoms with Crippen LogP contribution in [-0.4, -0.2) is 51.0 Å². The minimum Gasteiger partial charge on any atom is -0.490 e. The molecule has 0 aliphatic heterocycles. The van der Waals surface area contributed by atoms with E-state index in [0.29, 0.717) is 11.5 Å². The Hall–Kier alpha value is -5.07. The number of hydrogen-bond donors (Lipinski definition) is 3. The topological polar surface area (TPSA) is 177 Å². The number of carbonyl (C=O) groups excluding carboxylic acids is 2. The minimum atomic E-state index is -4.86. The zero-order chi connectivity index (χ0) is 29.9. The maximum Gasteiger partial charge on any atom is 0.295 e. The van der Waals surface area contributed by atoms with Crippen LogP contribution in [0, 0.1) is 0 Å². The normalized spacial score (nSPS) is 12.3. The van der Waals surface area contributed by atoms with E-state index < -0.39 is 32.1 Å². The van der Waals surface area contributed by atoms with Crippen LogP contribution in [0.4, 0.5) is 11.4 Å². The first-order chi connectivity index (χ1) is 20.2. The van der Waals surface area contributed by atoms with E-state index in [-0.39, 0.29) is 66.0 Å². The van der Waals surface area contributed by atoms with E-state index in [9.17, 15) is 22.6 Å². The van der Waals surface area contributed by atoms with Gasteiger partial charge in [0.15, 0.2) is 23.1 Å². The zero-order valence-corrected chi connectivity index (χ0v) is 22.9. The first-order valence-electron chi connectivity index (χ1n) is 12.7. The van der Waals surface area contributed by atoms with Crippen molar-refractivity contribution in [1.29, 1.82) is 0 Å². The molecule has 42 heavy (non-hydrogen) atoms. The van der Waals surface area contributed by atoms with Crippen molar-refractivity contribution >= 4 is 33.1 Å². The Balaban J connectivity index is 1.50. The predicted molar refractivity (Wildman–Crippen MR) is 153 cm³/mol. The molecular weight excluding hydrogens is 564 g/mol. The van der Waals surface area contributed by atoms with Crippen molar-refractivity contribution < 1.29 is 41.5 Å². The molecule has 0 bridgehead atoms. The third-order valence-electron chi connectivity index (χ3n) is 6.40. The second-order valence-corrected chi connectivity index (χ2v) is 10.5. The van der Waals surface area contributed by atoms with Crippen LogP contribution in [0.25, 0.3) is 0 Å². The average Bonchev–Trinajstić information content (AvgIpc) is 2.98. The molecule has 0 heterocycles. The Morgan fingerprint density at radius 1 is 0.571 bits per heavy atom. The van der Waals surface area contributed by atoms with Crippen LogP contribution in [0.5, 0.6) is 23.0 Å². The summed E-state index contributed by atoms with van der Waals surface area (Å²) in [5, 5.41) is 0. The number of anilines is 2. The SMILES string of the molecule is Nc1c(OCCOc2ccccc2)c(OCCOc2ccccc2)c(N)c2c1C(=O)c1cccc(S(=O)(=O)O)c1C2=O. The van der Waals surface area contributed by atoms with Crippen LogP contribution in [0.2, 0.25) is 0 Å². The molecule has 216 valence electrons. The highest BCUT2D eigenvalue weighted by atomic mass is 32.2. The van der Waals surface area contributed by atoms with E-state index >= 15 is 0 Å². The quantitative estimate of drug-likeness (QED) is 0.116. The molecule has 0 saturated carbocycles. The van der Waals surface area contributed by atoms with E-state index in [0.717, 1.165) is 6.07 Å². The monoisotopic (exact) mass is 590 g/mol. The molecule has 1 aliphatic rings. The number of para-hydroxylation sites is 2. The van der Waals surface area contributed by atoms with Crippen molar-refractivity contribution in [3.8, 4) is 23.0 Å². The van der Waals surface area contributed by atoms with Crippen molar-refractivity contribution in [2.75, 3.05) is 37.9 Å². The van der Waals surface area contributed by atoms with Gasteiger partial charge in [-0.15, -0.1) is 0 Å². The Morgan fingerprint density at radius 3 is 1.50 bits per heavy atom. The van der Waals surface area contributed by atoms with E-state index in [1.54, 1.807) is 24.3 Å². The predicted octanol–water partition coefficient (Wildman–Crippen LogP) is 3.79. The molecule has 0 fully saturated rings. The van der Waals surface area contributed by atoms with Gasteiger partial charge >= 0.3 is 0 Å². The third-order valence-corrected chi connectivity index (χ3v) is 7.29. The van der Waals surface area contributed by atoms with Gasteiger partial charge in [-0.1, -0.05) is 48.5 Å². The fourth-order valence-electron chi connectivity index (χ4n) is 4.57. The first-order valence-corrected chi connectivity index (χ1v) is 14.2. The molecule has 0 aromatic heterocycles. The second-order valence-electron chi connectivity index (χ2n) is 9.07. The van der Waals surface area contributed by atoms with Crippen molar-refractivity contribution in [3.05, 3.63) is 101 Å². The van der Waals surface area contributed by atoms with Gasteiger partial charge in [-0.05, 0) is 30.3 Å². The van der Waals surface area contributed by atoms with Gasteiger partial charge in [-0.25, -0.2) is 0 Å². The lowest BCUT2D eigenvalue weighted by Crippen LogP contribution is -2.27. The number of hydrogen-bond acceptors (Lipinski definition) is 10. The standard InChI is InChI=1S/C30H26N2O9S/c31-25-23-24(28(34)22-20(27(23)33)12-7-13-21(22)42(35,36)37)26(32)30(41-17-15-39-19-10-5-2-6-11-19)29(25)40-16-14-38-18-8-3-1-4-9-18/h1-13H,14-17,31-32H2,(H,35,36,37). The second kappa shape index (κ2) is 11.8. The van der Waals surface area contributed by atoms with Crippen LogP contribution < -0.4 is 30.4 Å². The molecule has 12 heteroatoms. The number of ether oxygens (including phenoxy) is 4. The van der Waals surface area contributed by atoms with Crippen molar-refractivity contribution in [3.63, 3.8) is 0 Å². The number of rotatable bonds is 11. The summed E-state index contributed by atoms with van der Waals surface area (Å²) in [6.45, 7) is 0.104. The first kappa shape index (κ1) is 28.5. The van der Waals surface area contributed by atoms with Crippen LogP contribution in [0.15, 0.2) is 83.8 Å². The summed E-state index contributed by atoms with van der Waals surface area (Å²) in [7, 11) is -4.86. The average molecular weight is 591 g/mol. The number of ketones is 2. The molecule has 0 spiro atoms. The molecule has 5 rings (SSSR count). The van der Waals surface area contributed by atoms with E-state index in [2.05, 4.69) is 0 Å². The molecule has 0 amide bonds. The summed E-state index contributed by atoms with van der Waals surface area (Å²) in [5.74, 6) is -0.681. The van der Waals surface area contributed by atoms with Crippen LogP contribution in [0.3, 0.4) is 0 Å². The maximum atomic E-state index is 13.7. The Morgan fingerprint density at radius 2 is 1.02 bits per heavy atom. The van der Waals surface area contributed by atoms with Crippen molar-refractivity contribution in [2.45, 2.75) is 4.90 Å². The lowest BCUT2D eigenvalue weighted by Gasteiger charge is -2.26. The van der Waals surface area contributed by atoms with Crippen molar-refractivity contribution in [2.24, 2.45) is 0 Å². The number of nitrogen functional groups attached to an aromatic ring is 2. The smallest absolute Gasteiger partial charge is 0.295 e. The van der Waals surface area contributed by atoms with Crippen LogP contribution in [-0.2, 0) is 10.1 Å².